The lowest BCUT2D eigenvalue weighted by molar-refractivity contribution is -0.136. The number of alkyl halides is 3. The summed E-state index contributed by atoms with van der Waals surface area (Å²) < 4.78 is 56.6. The predicted octanol–water partition coefficient (Wildman–Crippen LogP) is 6.88. The number of urea groups is 1. The lowest BCUT2D eigenvalue weighted by atomic mass is 9.80. The second-order valence-electron chi connectivity index (χ2n) is 10.8. The molecule has 4 aromatic rings. The van der Waals surface area contributed by atoms with Gasteiger partial charge in [-0.3, -0.25) is 19.6 Å². The minimum atomic E-state index is -4.88. The molecule has 0 radical (unpaired) electrons. The Kier molecular flexibility index (Phi) is 7.07. The van der Waals surface area contributed by atoms with Crippen molar-refractivity contribution in [3.05, 3.63) is 94.7 Å². The summed E-state index contributed by atoms with van der Waals surface area (Å²) in [6, 6.07) is 10.7. The van der Waals surface area contributed by atoms with Gasteiger partial charge in [-0.1, -0.05) is 31.4 Å². The Hall–Kier alpha value is -5.25. The van der Waals surface area contributed by atoms with Crippen LogP contribution in [0.15, 0.2) is 60.8 Å². The van der Waals surface area contributed by atoms with Crippen LogP contribution >= 0.6 is 0 Å². The summed E-state index contributed by atoms with van der Waals surface area (Å²) in [6.45, 7) is 6.93. The van der Waals surface area contributed by atoms with Crippen molar-refractivity contribution in [2.75, 3.05) is 9.80 Å². The SMILES string of the molecule is [C-]#[N+]c1ccc(N2C(=O)N(c3ccc(CNC(=O)c4ccc5[nH]ncc5c4)c(F)c3)C3(CCCCC3)C2=O)cc1C(F)(F)F. The number of imide groups is 1. The molecule has 0 unspecified atom stereocenters. The van der Waals surface area contributed by atoms with Gasteiger partial charge in [0.1, 0.15) is 11.4 Å². The van der Waals surface area contributed by atoms with E-state index in [1.807, 2.05) is 0 Å². The molecule has 3 aromatic carbocycles. The molecule has 9 nitrogen and oxygen atoms in total. The Morgan fingerprint density at radius 3 is 2.48 bits per heavy atom. The minimum absolute atomic E-state index is 0.0690. The number of hydrogen-bond acceptors (Lipinski definition) is 4. The highest BCUT2D eigenvalue weighted by molar-refractivity contribution is 6.30. The Morgan fingerprint density at radius 2 is 1.77 bits per heavy atom. The van der Waals surface area contributed by atoms with Gasteiger partial charge >= 0.3 is 12.2 Å². The number of nitrogens with one attached hydrogen (secondary N) is 2. The van der Waals surface area contributed by atoms with Crippen molar-refractivity contribution in [2.45, 2.75) is 50.4 Å². The topological polar surface area (TPSA) is 103 Å². The van der Waals surface area contributed by atoms with Crippen molar-refractivity contribution < 1.29 is 31.9 Å². The molecule has 0 bridgehead atoms. The van der Waals surface area contributed by atoms with Crippen LogP contribution in [0.2, 0.25) is 0 Å². The van der Waals surface area contributed by atoms with Gasteiger partial charge in [0.15, 0.2) is 5.69 Å². The number of nitrogens with zero attached hydrogens (tertiary/aromatic N) is 4. The number of aromatic nitrogens is 2. The van der Waals surface area contributed by atoms with Gasteiger partial charge in [0.05, 0.1) is 29.5 Å². The summed E-state index contributed by atoms with van der Waals surface area (Å²) in [5.74, 6) is -1.87. The first-order chi connectivity index (χ1) is 21.0. The molecule has 2 N–H and O–H groups in total. The van der Waals surface area contributed by atoms with Crippen LogP contribution in [0.1, 0.15) is 53.6 Å². The maximum Gasteiger partial charge on any atom is 0.407 e. The van der Waals surface area contributed by atoms with E-state index in [0.29, 0.717) is 29.4 Å². The van der Waals surface area contributed by atoms with E-state index in [1.165, 1.54) is 17.0 Å². The van der Waals surface area contributed by atoms with Crippen LogP contribution < -0.4 is 15.1 Å². The number of anilines is 2. The number of amides is 4. The highest BCUT2D eigenvalue weighted by atomic mass is 19.4. The van der Waals surface area contributed by atoms with Gasteiger partial charge in [-0.2, -0.15) is 18.3 Å². The van der Waals surface area contributed by atoms with Crippen molar-refractivity contribution in [2.24, 2.45) is 0 Å². The van der Waals surface area contributed by atoms with Crippen molar-refractivity contribution in [1.82, 2.24) is 15.5 Å². The summed E-state index contributed by atoms with van der Waals surface area (Å²) in [6.07, 6.45) is -0.829. The molecule has 6 rings (SSSR count). The molecule has 1 aliphatic carbocycles. The third kappa shape index (κ3) is 4.82. The van der Waals surface area contributed by atoms with Gasteiger partial charge in [-0.05, 0) is 55.3 Å². The first-order valence-corrected chi connectivity index (χ1v) is 13.8. The Balaban J connectivity index is 1.29. The lowest BCUT2D eigenvalue weighted by Crippen LogP contribution is -2.51. The summed E-state index contributed by atoms with van der Waals surface area (Å²) >= 11 is 0. The molecule has 4 amide bonds. The third-order valence-electron chi connectivity index (χ3n) is 8.19. The molecule has 13 heteroatoms. The van der Waals surface area contributed by atoms with Gasteiger partial charge in [-0.15, -0.1) is 0 Å². The molecular weight excluding hydrogens is 580 g/mol. The van der Waals surface area contributed by atoms with Crippen molar-refractivity contribution in [3.8, 4) is 0 Å². The molecule has 1 aliphatic heterocycles. The fourth-order valence-corrected chi connectivity index (χ4v) is 6.00. The van der Waals surface area contributed by atoms with Crippen molar-refractivity contribution >= 4 is 45.8 Å². The standard InChI is InChI=1S/C31H24F4N6O3/c1-36-26-10-8-21(14-23(26)31(33,34)35)40-28(43)30(11-3-2-4-12-30)41(29(40)44)22-7-5-19(24(32)15-22)16-37-27(42)18-6-9-25-20(13-18)17-38-39-25/h5-10,13-15,17H,2-4,11-12,16H2,(H,37,42)(H,38,39). The van der Waals surface area contributed by atoms with E-state index < -0.39 is 46.6 Å². The van der Waals surface area contributed by atoms with E-state index in [2.05, 4.69) is 20.4 Å². The molecule has 2 heterocycles. The highest BCUT2D eigenvalue weighted by Crippen LogP contribution is 2.46. The fraction of sp³-hybridized carbons (Fsp3) is 0.258. The maximum absolute atomic E-state index is 15.4. The molecule has 1 aromatic heterocycles. The zero-order chi connectivity index (χ0) is 31.2. The van der Waals surface area contributed by atoms with Crippen molar-refractivity contribution in [1.29, 1.82) is 0 Å². The number of fused-ring (bicyclic) bond motifs is 1. The molecule has 44 heavy (non-hydrogen) atoms. The Labute approximate surface area is 248 Å². The average molecular weight is 605 g/mol. The molecular formula is C31H24F4N6O3. The van der Waals surface area contributed by atoms with E-state index in [0.717, 1.165) is 35.5 Å². The largest absolute Gasteiger partial charge is 0.407 e. The van der Waals surface area contributed by atoms with E-state index in [4.69, 9.17) is 6.57 Å². The Bertz CT molecular complexity index is 1860. The second-order valence-corrected chi connectivity index (χ2v) is 10.8. The van der Waals surface area contributed by atoms with E-state index in [1.54, 1.807) is 24.4 Å². The minimum Gasteiger partial charge on any atom is -0.348 e. The number of aromatic amines is 1. The molecule has 0 atom stereocenters. The van der Waals surface area contributed by atoms with Crippen LogP contribution in [0.25, 0.3) is 15.7 Å². The third-order valence-corrected chi connectivity index (χ3v) is 8.19. The first kappa shape index (κ1) is 28.9. The van der Waals surface area contributed by atoms with Gasteiger partial charge in [0, 0.05) is 28.7 Å². The number of rotatable bonds is 5. The van der Waals surface area contributed by atoms with Crippen LogP contribution in [0.3, 0.4) is 0 Å². The zero-order valence-corrected chi connectivity index (χ0v) is 23.0. The molecule has 1 saturated carbocycles. The number of carbonyl (C=O) groups is 3. The molecule has 1 saturated heterocycles. The normalized spacial score (nSPS) is 16.5. The first-order valence-electron chi connectivity index (χ1n) is 13.8. The van der Waals surface area contributed by atoms with Crippen molar-refractivity contribution in [3.63, 3.8) is 0 Å². The Morgan fingerprint density at radius 1 is 1.02 bits per heavy atom. The van der Waals surface area contributed by atoms with Gasteiger partial charge < -0.3 is 5.32 Å². The summed E-state index contributed by atoms with van der Waals surface area (Å²) in [7, 11) is 0. The quantitative estimate of drug-likeness (QED) is 0.147. The average Bonchev–Trinajstić information content (AvgIpc) is 3.56. The number of halogens is 4. The number of carbonyl (C=O) groups excluding carboxylic acids is 3. The van der Waals surface area contributed by atoms with Gasteiger partial charge in [-0.25, -0.2) is 18.9 Å². The van der Waals surface area contributed by atoms with Gasteiger partial charge in [0.25, 0.3) is 11.8 Å². The maximum atomic E-state index is 15.4. The zero-order valence-electron chi connectivity index (χ0n) is 23.0. The van der Waals surface area contributed by atoms with Crippen LogP contribution in [-0.4, -0.2) is 33.6 Å². The molecule has 2 fully saturated rings. The van der Waals surface area contributed by atoms with Gasteiger partial charge in [0.2, 0.25) is 0 Å². The summed E-state index contributed by atoms with van der Waals surface area (Å²) in [4.78, 5) is 45.2. The van der Waals surface area contributed by atoms with Crippen LogP contribution in [-0.2, 0) is 17.5 Å². The van der Waals surface area contributed by atoms with Crippen LogP contribution in [0.5, 0.6) is 0 Å². The van der Waals surface area contributed by atoms with E-state index in [9.17, 15) is 27.6 Å². The number of hydrogen-bond donors (Lipinski definition) is 2. The number of H-pyrrole nitrogens is 1. The number of benzene rings is 3. The van der Waals surface area contributed by atoms with E-state index >= 15 is 4.39 Å². The monoisotopic (exact) mass is 604 g/mol. The second kappa shape index (κ2) is 10.8. The summed E-state index contributed by atoms with van der Waals surface area (Å²) in [5, 5.41) is 10.1. The molecule has 2 aliphatic rings. The predicted molar refractivity (Wildman–Crippen MR) is 153 cm³/mol. The van der Waals surface area contributed by atoms with E-state index in [-0.39, 0.29) is 36.3 Å². The van der Waals surface area contributed by atoms with Crippen LogP contribution in [0.4, 0.5) is 39.4 Å². The molecule has 224 valence electrons. The highest BCUT2D eigenvalue weighted by Gasteiger charge is 2.58. The van der Waals surface area contributed by atoms with Crippen LogP contribution in [0, 0.1) is 12.4 Å². The fourth-order valence-electron chi connectivity index (χ4n) is 6.00. The summed E-state index contributed by atoms with van der Waals surface area (Å²) in [5.41, 5.74) is -2.33. The smallest absolute Gasteiger partial charge is 0.348 e. The molecule has 1 spiro atoms. The lowest BCUT2D eigenvalue weighted by Gasteiger charge is -2.38.